The number of aromatic amines is 1. The summed E-state index contributed by atoms with van der Waals surface area (Å²) in [4.78, 5) is 7.45. The van der Waals surface area contributed by atoms with Crippen LogP contribution >= 0.6 is 24.8 Å². The molecule has 0 unspecified atom stereocenters. The second-order valence-electron chi connectivity index (χ2n) is 3.10. The Morgan fingerprint density at radius 1 is 0.933 bits per heavy atom. The fraction of sp³-hybridized carbons (Fsp3) is 0. The SMILES string of the molecule is Cl.Cl.c1ccc2c(c1)ncc1c[nH]cc12. The maximum Gasteiger partial charge on any atom is 0.0709 e. The van der Waals surface area contributed by atoms with E-state index >= 15 is 0 Å². The van der Waals surface area contributed by atoms with Gasteiger partial charge in [-0.15, -0.1) is 24.8 Å². The van der Waals surface area contributed by atoms with Gasteiger partial charge in [0, 0.05) is 34.7 Å². The molecule has 0 spiro atoms. The molecule has 0 atom stereocenters. The maximum absolute atomic E-state index is 4.36. The van der Waals surface area contributed by atoms with Gasteiger partial charge in [0.1, 0.15) is 0 Å². The van der Waals surface area contributed by atoms with Crippen LogP contribution in [0, 0.1) is 0 Å². The van der Waals surface area contributed by atoms with Crippen LogP contribution in [-0.2, 0) is 0 Å². The predicted octanol–water partition coefficient (Wildman–Crippen LogP) is 3.56. The van der Waals surface area contributed by atoms with Crippen LogP contribution < -0.4 is 0 Å². The van der Waals surface area contributed by atoms with Crippen LogP contribution in [0.3, 0.4) is 0 Å². The molecule has 0 aliphatic rings. The van der Waals surface area contributed by atoms with Crippen molar-refractivity contribution in [2.24, 2.45) is 0 Å². The van der Waals surface area contributed by atoms with Crippen molar-refractivity contribution in [1.29, 1.82) is 0 Å². The fourth-order valence-electron chi connectivity index (χ4n) is 1.67. The minimum atomic E-state index is 0. The Kier molecular flexibility index (Phi) is 3.56. The molecule has 4 heteroatoms. The monoisotopic (exact) mass is 240 g/mol. The molecule has 0 aliphatic heterocycles. The number of nitrogens with zero attached hydrogens (tertiary/aromatic N) is 1. The van der Waals surface area contributed by atoms with Crippen molar-refractivity contribution in [2.45, 2.75) is 0 Å². The third kappa shape index (κ3) is 1.78. The summed E-state index contributed by atoms with van der Waals surface area (Å²) in [6.45, 7) is 0. The lowest BCUT2D eigenvalue weighted by Crippen LogP contribution is -1.76. The topological polar surface area (TPSA) is 28.7 Å². The summed E-state index contributed by atoms with van der Waals surface area (Å²) >= 11 is 0. The van der Waals surface area contributed by atoms with Crippen LogP contribution in [-0.4, -0.2) is 9.97 Å². The number of hydrogen-bond donors (Lipinski definition) is 1. The van der Waals surface area contributed by atoms with Gasteiger partial charge in [0.25, 0.3) is 0 Å². The summed E-state index contributed by atoms with van der Waals surface area (Å²) < 4.78 is 0. The third-order valence-electron chi connectivity index (χ3n) is 2.31. The van der Waals surface area contributed by atoms with Crippen molar-refractivity contribution in [3.8, 4) is 0 Å². The average molecular weight is 241 g/mol. The Balaban J connectivity index is 0.000000562. The van der Waals surface area contributed by atoms with Gasteiger partial charge in [-0.1, -0.05) is 18.2 Å². The van der Waals surface area contributed by atoms with Crippen LogP contribution in [0.4, 0.5) is 0 Å². The highest BCUT2D eigenvalue weighted by atomic mass is 35.5. The molecule has 2 nitrogen and oxygen atoms in total. The summed E-state index contributed by atoms with van der Waals surface area (Å²) in [5.74, 6) is 0. The summed E-state index contributed by atoms with van der Waals surface area (Å²) in [6.07, 6.45) is 5.88. The van der Waals surface area contributed by atoms with Gasteiger partial charge in [-0.05, 0) is 6.07 Å². The molecule has 1 aromatic carbocycles. The first-order valence-corrected chi connectivity index (χ1v) is 4.25. The van der Waals surface area contributed by atoms with Crippen LogP contribution in [0.2, 0.25) is 0 Å². The quantitative estimate of drug-likeness (QED) is 0.640. The number of rotatable bonds is 0. The van der Waals surface area contributed by atoms with E-state index < -0.39 is 0 Å². The molecule has 78 valence electrons. The standard InChI is InChI=1S/C11H8N2.2ClH/c1-2-4-11-9(3-1)10-7-12-5-8(10)6-13-11;;/h1-7,12H;2*1H. The smallest absolute Gasteiger partial charge is 0.0709 e. The lowest BCUT2D eigenvalue weighted by atomic mass is 10.1. The second-order valence-corrected chi connectivity index (χ2v) is 3.10. The Morgan fingerprint density at radius 3 is 2.60 bits per heavy atom. The van der Waals surface area contributed by atoms with E-state index in [4.69, 9.17) is 0 Å². The Morgan fingerprint density at radius 2 is 1.73 bits per heavy atom. The Hall–Kier alpha value is -1.25. The van der Waals surface area contributed by atoms with E-state index in [1.165, 1.54) is 16.2 Å². The zero-order chi connectivity index (χ0) is 8.67. The molecule has 3 aromatic rings. The van der Waals surface area contributed by atoms with Crippen molar-refractivity contribution < 1.29 is 0 Å². The summed E-state index contributed by atoms with van der Waals surface area (Å²) in [5.41, 5.74) is 1.05. The van der Waals surface area contributed by atoms with Crippen molar-refractivity contribution in [3.63, 3.8) is 0 Å². The van der Waals surface area contributed by atoms with Crippen molar-refractivity contribution >= 4 is 46.5 Å². The van der Waals surface area contributed by atoms with Gasteiger partial charge in [-0.3, -0.25) is 4.98 Å². The molecule has 2 heterocycles. The molecule has 0 fully saturated rings. The van der Waals surface area contributed by atoms with Gasteiger partial charge in [0.05, 0.1) is 5.52 Å². The number of para-hydroxylation sites is 1. The van der Waals surface area contributed by atoms with E-state index in [0.29, 0.717) is 0 Å². The largest absolute Gasteiger partial charge is 0.366 e. The van der Waals surface area contributed by atoms with Gasteiger partial charge >= 0.3 is 0 Å². The molecule has 3 rings (SSSR count). The number of hydrogen-bond acceptors (Lipinski definition) is 1. The molecule has 0 saturated carbocycles. The first-order valence-electron chi connectivity index (χ1n) is 4.25. The number of pyridine rings is 1. The first-order chi connectivity index (χ1) is 6.45. The summed E-state index contributed by atoms with van der Waals surface area (Å²) in [7, 11) is 0. The van der Waals surface area contributed by atoms with Gasteiger partial charge in [0.2, 0.25) is 0 Å². The van der Waals surface area contributed by atoms with Crippen LogP contribution in [0.1, 0.15) is 0 Å². The zero-order valence-corrected chi connectivity index (χ0v) is 9.44. The Labute approximate surface area is 99.5 Å². The van der Waals surface area contributed by atoms with E-state index in [9.17, 15) is 0 Å². The highest BCUT2D eigenvalue weighted by molar-refractivity contribution is 6.04. The number of nitrogens with one attached hydrogen (secondary N) is 1. The number of halogens is 2. The van der Waals surface area contributed by atoms with Crippen molar-refractivity contribution in [3.05, 3.63) is 42.9 Å². The van der Waals surface area contributed by atoms with E-state index in [1.807, 2.05) is 36.8 Å². The lowest BCUT2D eigenvalue weighted by molar-refractivity contribution is 1.42. The maximum atomic E-state index is 4.36. The van der Waals surface area contributed by atoms with Gasteiger partial charge in [0.15, 0.2) is 0 Å². The molecule has 0 aliphatic carbocycles. The number of benzene rings is 1. The number of H-pyrrole nitrogens is 1. The van der Waals surface area contributed by atoms with Gasteiger partial charge in [-0.2, -0.15) is 0 Å². The highest BCUT2D eigenvalue weighted by Crippen LogP contribution is 2.22. The zero-order valence-electron chi connectivity index (χ0n) is 7.81. The highest BCUT2D eigenvalue weighted by Gasteiger charge is 1.99. The van der Waals surface area contributed by atoms with E-state index in [-0.39, 0.29) is 24.8 Å². The van der Waals surface area contributed by atoms with Crippen molar-refractivity contribution in [1.82, 2.24) is 9.97 Å². The molecule has 0 bridgehead atoms. The number of aromatic nitrogens is 2. The summed E-state index contributed by atoms with van der Waals surface area (Å²) in [5, 5.41) is 3.62. The van der Waals surface area contributed by atoms with E-state index in [2.05, 4.69) is 16.0 Å². The molecule has 0 amide bonds. The predicted molar refractivity (Wildman–Crippen MR) is 68.1 cm³/mol. The molecule has 1 N–H and O–H groups in total. The molecular formula is C11H10Cl2N2. The van der Waals surface area contributed by atoms with Crippen LogP contribution in [0.15, 0.2) is 42.9 Å². The minimum Gasteiger partial charge on any atom is -0.366 e. The van der Waals surface area contributed by atoms with Gasteiger partial charge in [-0.25, -0.2) is 0 Å². The van der Waals surface area contributed by atoms with Crippen molar-refractivity contribution in [2.75, 3.05) is 0 Å². The molecule has 0 radical (unpaired) electrons. The first kappa shape index (κ1) is 11.8. The molecule has 0 saturated heterocycles. The minimum absolute atomic E-state index is 0. The normalized spacial score (nSPS) is 9.60. The Bertz CT molecular complexity index is 575. The molecule has 15 heavy (non-hydrogen) atoms. The molecular weight excluding hydrogens is 231 g/mol. The average Bonchev–Trinajstić information content (AvgIpc) is 2.65. The summed E-state index contributed by atoms with van der Waals surface area (Å²) in [6, 6.07) is 8.17. The van der Waals surface area contributed by atoms with E-state index in [0.717, 1.165) is 5.52 Å². The number of fused-ring (bicyclic) bond motifs is 3. The van der Waals surface area contributed by atoms with Gasteiger partial charge < -0.3 is 4.98 Å². The fourth-order valence-corrected chi connectivity index (χ4v) is 1.67. The lowest BCUT2D eigenvalue weighted by Gasteiger charge is -1.96. The second kappa shape index (κ2) is 4.51. The molecule has 2 aromatic heterocycles. The van der Waals surface area contributed by atoms with Crippen LogP contribution in [0.5, 0.6) is 0 Å². The third-order valence-corrected chi connectivity index (χ3v) is 2.31. The van der Waals surface area contributed by atoms with Crippen LogP contribution in [0.25, 0.3) is 21.7 Å². The van der Waals surface area contributed by atoms with E-state index in [1.54, 1.807) is 0 Å².